The summed E-state index contributed by atoms with van der Waals surface area (Å²) in [7, 11) is 6.24. The molecule has 1 aliphatic heterocycles. The highest BCUT2D eigenvalue weighted by Crippen LogP contribution is 2.45. The summed E-state index contributed by atoms with van der Waals surface area (Å²) in [5.74, 6) is 2.50. The van der Waals surface area contributed by atoms with Gasteiger partial charge in [0.2, 0.25) is 5.75 Å². The molecule has 7 nitrogen and oxygen atoms in total. The summed E-state index contributed by atoms with van der Waals surface area (Å²) in [5, 5.41) is 0. The Morgan fingerprint density at radius 2 is 1.52 bits per heavy atom. The molecule has 0 fully saturated rings. The molecule has 46 heavy (non-hydrogen) atoms. The zero-order chi connectivity index (χ0) is 32.5. The Labute approximate surface area is 271 Å². The first-order chi connectivity index (χ1) is 22.4. The number of ether oxygens (including phenoxy) is 5. The molecular weight excluding hydrogens is 578 g/mol. The molecule has 0 bridgehead atoms. The van der Waals surface area contributed by atoms with E-state index in [9.17, 15) is 4.79 Å². The molecule has 0 radical (unpaired) electrons. The summed E-state index contributed by atoms with van der Waals surface area (Å²) in [6.07, 6.45) is 9.64. The Morgan fingerprint density at radius 1 is 0.804 bits per heavy atom. The van der Waals surface area contributed by atoms with Gasteiger partial charge in [-0.3, -0.25) is 4.99 Å². The van der Waals surface area contributed by atoms with Gasteiger partial charge in [-0.1, -0.05) is 54.6 Å². The fourth-order valence-electron chi connectivity index (χ4n) is 6.18. The third kappa shape index (κ3) is 7.26. The van der Waals surface area contributed by atoms with E-state index in [0.29, 0.717) is 40.7 Å². The SMILES string of the molecule is COC(=O)c1ccc(C)cc1Oc1ccc(C(CCCc2ccccc2)C2(Cc3cc(OC)c(OC)c(OC)c3)C=CC=N2)cc1. The molecule has 2 unspecified atom stereocenters. The zero-order valence-electron chi connectivity index (χ0n) is 27.1. The Bertz CT molecular complexity index is 1660. The lowest BCUT2D eigenvalue weighted by molar-refractivity contribution is 0.0598. The number of hydrogen-bond donors (Lipinski definition) is 0. The minimum absolute atomic E-state index is 0.0592. The number of allylic oxidation sites excluding steroid dienone is 1. The van der Waals surface area contributed by atoms with Gasteiger partial charge in [-0.2, -0.15) is 0 Å². The lowest BCUT2D eigenvalue weighted by atomic mass is 9.73. The van der Waals surface area contributed by atoms with Crippen LogP contribution in [0.3, 0.4) is 0 Å². The molecule has 0 spiro atoms. The number of esters is 1. The van der Waals surface area contributed by atoms with Gasteiger partial charge in [-0.05, 0) is 90.9 Å². The van der Waals surface area contributed by atoms with Crippen LogP contribution in [0.5, 0.6) is 28.7 Å². The van der Waals surface area contributed by atoms with Crippen LogP contribution in [0.2, 0.25) is 0 Å². The summed E-state index contributed by atoms with van der Waals surface area (Å²) >= 11 is 0. The number of carbonyl (C=O) groups excluding carboxylic acids is 1. The first-order valence-electron chi connectivity index (χ1n) is 15.4. The molecule has 4 aromatic carbocycles. The average molecular weight is 620 g/mol. The number of hydrogen-bond acceptors (Lipinski definition) is 7. The molecule has 0 saturated carbocycles. The lowest BCUT2D eigenvalue weighted by Gasteiger charge is -2.35. The van der Waals surface area contributed by atoms with E-state index in [0.717, 1.165) is 36.0 Å². The number of methoxy groups -OCH3 is 4. The first-order valence-corrected chi connectivity index (χ1v) is 15.4. The molecule has 0 aromatic heterocycles. The van der Waals surface area contributed by atoms with E-state index in [-0.39, 0.29) is 5.92 Å². The van der Waals surface area contributed by atoms with Gasteiger partial charge in [0.25, 0.3) is 0 Å². The highest BCUT2D eigenvalue weighted by molar-refractivity contribution is 5.92. The van der Waals surface area contributed by atoms with Crippen molar-refractivity contribution in [3.63, 3.8) is 0 Å². The van der Waals surface area contributed by atoms with E-state index in [1.54, 1.807) is 27.4 Å². The van der Waals surface area contributed by atoms with Crippen molar-refractivity contribution < 1.29 is 28.5 Å². The van der Waals surface area contributed by atoms with Crippen molar-refractivity contribution in [3.05, 3.63) is 125 Å². The van der Waals surface area contributed by atoms with Gasteiger partial charge in [0, 0.05) is 18.6 Å². The lowest BCUT2D eigenvalue weighted by Crippen LogP contribution is -2.34. The highest BCUT2D eigenvalue weighted by Gasteiger charge is 2.39. The maximum Gasteiger partial charge on any atom is 0.341 e. The summed E-state index contributed by atoms with van der Waals surface area (Å²) in [6.45, 7) is 1.96. The van der Waals surface area contributed by atoms with Crippen molar-refractivity contribution in [3.8, 4) is 28.7 Å². The average Bonchev–Trinajstić information content (AvgIpc) is 3.55. The Morgan fingerprint density at radius 3 is 2.13 bits per heavy atom. The van der Waals surface area contributed by atoms with Crippen LogP contribution in [0.15, 0.2) is 102 Å². The molecule has 0 amide bonds. The second kappa shape index (κ2) is 14.8. The van der Waals surface area contributed by atoms with Crippen LogP contribution in [-0.4, -0.2) is 46.2 Å². The van der Waals surface area contributed by atoms with Crippen LogP contribution < -0.4 is 18.9 Å². The van der Waals surface area contributed by atoms with Crippen molar-refractivity contribution in [2.24, 2.45) is 4.99 Å². The third-order valence-electron chi connectivity index (χ3n) is 8.45. The minimum Gasteiger partial charge on any atom is -0.493 e. The summed E-state index contributed by atoms with van der Waals surface area (Å²) in [6, 6.07) is 28.1. The topological polar surface area (TPSA) is 75.6 Å². The molecule has 1 aliphatic rings. The number of aryl methyl sites for hydroxylation is 2. The number of nitrogens with zero attached hydrogens (tertiary/aromatic N) is 1. The van der Waals surface area contributed by atoms with Crippen LogP contribution >= 0.6 is 0 Å². The predicted octanol–water partition coefficient (Wildman–Crippen LogP) is 8.33. The van der Waals surface area contributed by atoms with Crippen LogP contribution in [0.4, 0.5) is 0 Å². The molecular formula is C39H41NO6. The second-order valence-electron chi connectivity index (χ2n) is 11.4. The third-order valence-corrected chi connectivity index (χ3v) is 8.45. The largest absolute Gasteiger partial charge is 0.493 e. The summed E-state index contributed by atoms with van der Waals surface area (Å²) in [5.41, 5.74) is 4.32. The Balaban J connectivity index is 1.48. The molecule has 0 saturated heterocycles. The van der Waals surface area contributed by atoms with Gasteiger partial charge < -0.3 is 23.7 Å². The molecule has 0 N–H and O–H groups in total. The van der Waals surface area contributed by atoms with Gasteiger partial charge in [0.05, 0.1) is 34.0 Å². The quantitative estimate of drug-likeness (QED) is 0.132. The molecule has 238 valence electrons. The van der Waals surface area contributed by atoms with E-state index in [4.69, 9.17) is 28.7 Å². The minimum atomic E-state index is -0.529. The smallest absolute Gasteiger partial charge is 0.341 e. The van der Waals surface area contributed by atoms with E-state index in [2.05, 4.69) is 42.5 Å². The maximum absolute atomic E-state index is 12.4. The highest BCUT2D eigenvalue weighted by atomic mass is 16.5. The molecule has 7 heteroatoms. The number of carbonyl (C=O) groups is 1. The summed E-state index contributed by atoms with van der Waals surface area (Å²) < 4.78 is 28.1. The number of benzene rings is 4. The molecule has 5 rings (SSSR count). The normalized spacial score (nSPS) is 15.8. The van der Waals surface area contributed by atoms with Gasteiger partial charge in [-0.15, -0.1) is 0 Å². The fraction of sp³-hybridized carbons (Fsp3) is 0.282. The Hall–Kier alpha value is -5.04. The maximum atomic E-state index is 12.4. The number of aliphatic imine (C=N–C) groups is 1. The number of rotatable bonds is 14. The van der Waals surface area contributed by atoms with Gasteiger partial charge in [0.1, 0.15) is 17.1 Å². The second-order valence-corrected chi connectivity index (χ2v) is 11.4. The van der Waals surface area contributed by atoms with Crippen molar-refractivity contribution in [2.45, 2.75) is 44.1 Å². The van der Waals surface area contributed by atoms with Crippen LogP contribution in [-0.2, 0) is 17.6 Å². The zero-order valence-corrected chi connectivity index (χ0v) is 27.1. The standard InChI is InChI=1S/C39H41NO6/c1-27-15-20-32(38(41)45-5)34(23-27)46-31-18-16-30(17-19-31)33(14-9-13-28-11-7-6-8-12-28)39(21-10-22-40-39)26-29-24-35(42-2)37(44-4)36(25-29)43-3/h6-8,10-12,15-25,33H,9,13-14,26H2,1-5H3. The van der Waals surface area contributed by atoms with Gasteiger partial charge in [0.15, 0.2) is 11.5 Å². The van der Waals surface area contributed by atoms with Crippen LogP contribution in [0, 0.1) is 6.92 Å². The molecule has 2 atom stereocenters. The van der Waals surface area contributed by atoms with Crippen molar-refractivity contribution in [2.75, 3.05) is 28.4 Å². The van der Waals surface area contributed by atoms with Gasteiger partial charge in [-0.25, -0.2) is 4.79 Å². The van der Waals surface area contributed by atoms with E-state index >= 15 is 0 Å². The summed E-state index contributed by atoms with van der Waals surface area (Å²) in [4.78, 5) is 17.5. The van der Waals surface area contributed by atoms with Crippen molar-refractivity contribution in [1.82, 2.24) is 0 Å². The van der Waals surface area contributed by atoms with E-state index < -0.39 is 11.5 Å². The van der Waals surface area contributed by atoms with E-state index in [1.165, 1.54) is 12.7 Å². The first kappa shape index (κ1) is 32.4. The van der Waals surface area contributed by atoms with E-state index in [1.807, 2.05) is 61.7 Å². The van der Waals surface area contributed by atoms with Crippen molar-refractivity contribution in [1.29, 1.82) is 0 Å². The molecule has 1 heterocycles. The monoisotopic (exact) mass is 619 g/mol. The van der Waals surface area contributed by atoms with Crippen LogP contribution in [0.1, 0.15) is 51.4 Å². The van der Waals surface area contributed by atoms with Gasteiger partial charge >= 0.3 is 5.97 Å². The fourth-order valence-corrected chi connectivity index (χ4v) is 6.18. The molecule has 0 aliphatic carbocycles. The van der Waals surface area contributed by atoms with Crippen LogP contribution in [0.25, 0.3) is 0 Å². The Kier molecular flexibility index (Phi) is 10.4. The molecule has 4 aromatic rings. The van der Waals surface area contributed by atoms with Crippen molar-refractivity contribution >= 4 is 12.2 Å². The predicted molar refractivity (Wildman–Crippen MR) is 181 cm³/mol.